The molecule has 0 saturated carbocycles. The molecule has 2 aromatic heterocycles. The van der Waals surface area contributed by atoms with E-state index in [4.69, 9.17) is 0 Å². The second-order valence-corrected chi connectivity index (χ2v) is 6.53. The second-order valence-electron chi connectivity index (χ2n) is 5.63. The number of likely N-dealkylation sites (tertiary alicyclic amines) is 1. The molecule has 1 aliphatic heterocycles. The van der Waals surface area contributed by atoms with Crippen LogP contribution in [0.2, 0.25) is 0 Å². The van der Waals surface area contributed by atoms with Crippen molar-refractivity contribution < 1.29 is 9.59 Å². The van der Waals surface area contributed by atoms with Crippen molar-refractivity contribution >= 4 is 28.4 Å². The number of pyridine rings is 1. The van der Waals surface area contributed by atoms with E-state index in [9.17, 15) is 9.59 Å². The highest BCUT2D eigenvalue weighted by molar-refractivity contribution is 7.13. The smallest absolute Gasteiger partial charge is 0.317 e. The predicted molar refractivity (Wildman–Crippen MR) is 91.5 cm³/mol. The molecule has 1 atom stereocenters. The Balaban J connectivity index is 1.51. The van der Waals surface area contributed by atoms with Gasteiger partial charge in [-0.1, -0.05) is 6.07 Å². The lowest BCUT2D eigenvalue weighted by molar-refractivity contribution is -0.121. The van der Waals surface area contributed by atoms with Crippen molar-refractivity contribution in [3.05, 3.63) is 41.7 Å². The summed E-state index contributed by atoms with van der Waals surface area (Å²) in [6, 6.07) is 3.60. The number of hydrogen-bond acceptors (Lipinski definition) is 5. The Labute approximate surface area is 144 Å². The minimum Gasteiger partial charge on any atom is -0.334 e. The van der Waals surface area contributed by atoms with Gasteiger partial charge in [0.15, 0.2) is 5.13 Å². The van der Waals surface area contributed by atoms with E-state index < -0.39 is 0 Å². The lowest BCUT2D eigenvalue weighted by atomic mass is 9.97. The lowest BCUT2D eigenvalue weighted by Gasteiger charge is -2.31. The molecule has 2 N–H and O–H groups in total. The number of amides is 3. The maximum absolute atomic E-state index is 12.3. The molecule has 0 aromatic carbocycles. The van der Waals surface area contributed by atoms with Crippen LogP contribution in [0.5, 0.6) is 0 Å². The molecule has 24 heavy (non-hydrogen) atoms. The number of nitrogens with one attached hydrogen (secondary N) is 2. The van der Waals surface area contributed by atoms with Gasteiger partial charge in [0.2, 0.25) is 5.91 Å². The minimum atomic E-state index is -0.202. The molecule has 1 aliphatic rings. The highest BCUT2D eigenvalue weighted by Gasteiger charge is 2.28. The van der Waals surface area contributed by atoms with Crippen molar-refractivity contribution in [3.8, 4) is 0 Å². The molecule has 0 spiro atoms. The fourth-order valence-electron chi connectivity index (χ4n) is 2.66. The molecule has 8 heteroatoms. The van der Waals surface area contributed by atoms with Gasteiger partial charge in [-0.05, 0) is 24.5 Å². The first-order valence-corrected chi connectivity index (χ1v) is 8.72. The Bertz CT molecular complexity index is 677. The number of carbonyl (C=O) groups is 2. The van der Waals surface area contributed by atoms with E-state index in [2.05, 4.69) is 20.6 Å². The molecule has 2 aromatic rings. The molecule has 1 saturated heterocycles. The predicted octanol–water partition coefficient (Wildman–Crippen LogP) is 2.10. The van der Waals surface area contributed by atoms with Gasteiger partial charge in [-0.3, -0.25) is 9.78 Å². The molecule has 3 heterocycles. The maximum Gasteiger partial charge on any atom is 0.317 e. The topological polar surface area (TPSA) is 87.2 Å². The van der Waals surface area contributed by atoms with Crippen LogP contribution in [-0.4, -0.2) is 39.9 Å². The van der Waals surface area contributed by atoms with Crippen molar-refractivity contribution in [3.63, 3.8) is 0 Å². The van der Waals surface area contributed by atoms with E-state index in [1.54, 1.807) is 23.5 Å². The van der Waals surface area contributed by atoms with Gasteiger partial charge in [0, 0.05) is 43.6 Å². The van der Waals surface area contributed by atoms with Crippen LogP contribution in [0.4, 0.5) is 9.93 Å². The van der Waals surface area contributed by atoms with Gasteiger partial charge in [0.05, 0.1) is 5.92 Å². The van der Waals surface area contributed by atoms with Crippen LogP contribution >= 0.6 is 11.3 Å². The van der Waals surface area contributed by atoms with Crippen LogP contribution in [0.15, 0.2) is 36.1 Å². The van der Waals surface area contributed by atoms with Crippen LogP contribution in [0.3, 0.4) is 0 Å². The summed E-state index contributed by atoms with van der Waals surface area (Å²) in [5, 5.41) is 8.10. The first-order valence-electron chi connectivity index (χ1n) is 7.84. The van der Waals surface area contributed by atoms with Gasteiger partial charge in [-0.25, -0.2) is 9.78 Å². The van der Waals surface area contributed by atoms with Gasteiger partial charge in [-0.15, -0.1) is 11.3 Å². The van der Waals surface area contributed by atoms with Crippen molar-refractivity contribution in [2.45, 2.75) is 19.4 Å². The molecule has 3 rings (SSSR count). The van der Waals surface area contributed by atoms with Gasteiger partial charge in [-0.2, -0.15) is 0 Å². The third kappa shape index (κ3) is 4.29. The maximum atomic E-state index is 12.3. The number of rotatable bonds is 4. The largest absolute Gasteiger partial charge is 0.334 e. The normalized spacial score (nSPS) is 17.3. The number of nitrogens with zero attached hydrogens (tertiary/aromatic N) is 3. The molecule has 0 aliphatic carbocycles. The quantitative estimate of drug-likeness (QED) is 0.888. The Morgan fingerprint density at radius 2 is 2.29 bits per heavy atom. The summed E-state index contributed by atoms with van der Waals surface area (Å²) < 4.78 is 0. The number of urea groups is 1. The van der Waals surface area contributed by atoms with Gasteiger partial charge in [0.25, 0.3) is 0 Å². The van der Waals surface area contributed by atoms with Crippen LogP contribution in [0.1, 0.15) is 18.4 Å². The Hall–Kier alpha value is -2.48. The molecule has 1 unspecified atom stereocenters. The number of anilines is 1. The van der Waals surface area contributed by atoms with Gasteiger partial charge in [0.1, 0.15) is 0 Å². The summed E-state index contributed by atoms with van der Waals surface area (Å²) in [7, 11) is 0. The number of thiazole rings is 1. The summed E-state index contributed by atoms with van der Waals surface area (Å²) in [6.45, 7) is 1.52. The zero-order valence-electron chi connectivity index (χ0n) is 13.1. The first-order chi connectivity index (χ1) is 11.7. The zero-order chi connectivity index (χ0) is 16.8. The highest BCUT2D eigenvalue weighted by atomic mass is 32.1. The van der Waals surface area contributed by atoms with Crippen molar-refractivity contribution in [1.82, 2.24) is 20.2 Å². The second kappa shape index (κ2) is 7.87. The van der Waals surface area contributed by atoms with Crippen molar-refractivity contribution in [2.24, 2.45) is 5.92 Å². The lowest BCUT2D eigenvalue weighted by Crippen LogP contribution is -2.47. The number of aromatic nitrogens is 2. The summed E-state index contributed by atoms with van der Waals surface area (Å²) in [5.74, 6) is -0.276. The van der Waals surface area contributed by atoms with Crippen LogP contribution in [0.25, 0.3) is 0 Å². The molecular formula is C16H19N5O2S. The third-order valence-corrected chi connectivity index (χ3v) is 4.60. The zero-order valence-corrected chi connectivity index (χ0v) is 14.0. The number of hydrogen-bond donors (Lipinski definition) is 2. The summed E-state index contributed by atoms with van der Waals surface area (Å²) in [6.07, 6.45) is 6.67. The summed E-state index contributed by atoms with van der Waals surface area (Å²) in [5.41, 5.74) is 0.945. The molecular weight excluding hydrogens is 326 g/mol. The molecule has 1 fully saturated rings. The average molecular weight is 345 g/mol. The van der Waals surface area contributed by atoms with E-state index >= 15 is 0 Å². The SMILES string of the molecule is O=C(Nc1nccs1)C1CCCN(C(=O)NCc2cccnc2)C1. The van der Waals surface area contributed by atoms with Crippen LogP contribution in [0, 0.1) is 5.92 Å². The highest BCUT2D eigenvalue weighted by Crippen LogP contribution is 2.19. The monoisotopic (exact) mass is 345 g/mol. The standard InChI is InChI=1S/C16H19N5O2S/c22-14(20-15-18-6-8-24-15)13-4-2-7-21(11-13)16(23)19-10-12-3-1-5-17-9-12/h1,3,5-6,8-9,13H,2,4,7,10-11H2,(H,19,23)(H,18,20,22). The average Bonchev–Trinajstić information content (AvgIpc) is 3.13. The Morgan fingerprint density at radius 1 is 1.38 bits per heavy atom. The number of piperidine rings is 1. The first kappa shape index (κ1) is 16.4. The van der Waals surface area contributed by atoms with Crippen molar-refractivity contribution in [1.29, 1.82) is 0 Å². The summed E-state index contributed by atoms with van der Waals surface area (Å²) in [4.78, 5) is 34.4. The molecule has 3 amide bonds. The fraction of sp³-hybridized carbons (Fsp3) is 0.375. The molecule has 0 radical (unpaired) electrons. The fourth-order valence-corrected chi connectivity index (χ4v) is 3.19. The van der Waals surface area contributed by atoms with Crippen LogP contribution < -0.4 is 10.6 Å². The Kier molecular flexibility index (Phi) is 5.37. The van der Waals surface area contributed by atoms with E-state index in [1.165, 1.54) is 11.3 Å². The molecule has 0 bridgehead atoms. The summed E-state index contributed by atoms with van der Waals surface area (Å²) >= 11 is 1.39. The van der Waals surface area contributed by atoms with Crippen molar-refractivity contribution in [2.75, 3.05) is 18.4 Å². The van der Waals surface area contributed by atoms with Gasteiger partial charge >= 0.3 is 6.03 Å². The molecule has 126 valence electrons. The number of carbonyl (C=O) groups excluding carboxylic acids is 2. The Morgan fingerprint density at radius 3 is 3.04 bits per heavy atom. The molecule has 7 nitrogen and oxygen atoms in total. The van der Waals surface area contributed by atoms with E-state index in [-0.39, 0.29) is 17.9 Å². The van der Waals surface area contributed by atoms with Crippen LogP contribution in [-0.2, 0) is 11.3 Å². The van der Waals surface area contributed by atoms with E-state index in [1.807, 2.05) is 17.5 Å². The van der Waals surface area contributed by atoms with E-state index in [0.717, 1.165) is 18.4 Å². The van der Waals surface area contributed by atoms with Gasteiger partial charge < -0.3 is 15.5 Å². The van der Waals surface area contributed by atoms with E-state index in [0.29, 0.717) is 24.8 Å². The minimum absolute atomic E-state index is 0.0743. The third-order valence-electron chi connectivity index (χ3n) is 3.91.